The van der Waals surface area contributed by atoms with E-state index in [4.69, 9.17) is 5.11 Å². The maximum Gasteiger partial charge on any atom is 0.303 e. The van der Waals surface area contributed by atoms with Crippen LogP contribution in [0.4, 0.5) is 4.39 Å². The lowest BCUT2D eigenvalue weighted by Gasteiger charge is -2.28. The van der Waals surface area contributed by atoms with Crippen LogP contribution in [0.2, 0.25) is 0 Å². The van der Waals surface area contributed by atoms with E-state index in [1.165, 1.54) is 16.4 Å². The molecular weight excluding hydrogens is 393 g/mol. The molecule has 0 aliphatic carbocycles. The summed E-state index contributed by atoms with van der Waals surface area (Å²) in [5, 5.41) is 8.73. The molecule has 2 atom stereocenters. The van der Waals surface area contributed by atoms with E-state index in [0.29, 0.717) is 25.8 Å². The maximum absolute atomic E-state index is 13.3. The minimum absolute atomic E-state index is 0.0775. The first kappa shape index (κ1) is 21.2. The number of carboxylic acid groups (broad SMARTS) is 1. The Bertz CT molecular complexity index is 958. The predicted octanol–water partition coefficient (Wildman–Crippen LogP) is 4.39. The topological polar surface area (TPSA) is 74.7 Å². The van der Waals surface area contributed by atoms with E-state index in [1.54, 1.807) is 0 Å². The zero-order valence-electron chi connectivity index (χ0n) is 15.9. The Morgan fingerprint density at radius 2 is 1.79 bits per heavy atom. The number of sulfonamides is 1. The van der Waals surface area contributed by atoms with Crippen molar-refractivity contribution in [1.29, 1.82) is 0 Å². The molecule has 3 rings (SSSR count). The van der Waals surface area contributed by atoms with Crippen molar-refractivity contribution < 1.29 is 22.7 Å². The van der Waals surface area contributed by atoms with Crippen LogP contribution in [0.1, 0.15) is 37.3 Å². The molecule has 1 aliphatic heterocycles. The summed E-state index contributed by atoms with van der Waals surface area (Å²) in [5.74, 6) is -1.24. The van der Waals surface area contributed by atoms with Gasteiger partial charge in [0.05, 0.1) is 10.9 Å². The van der Waals surface area contributed by atoms with Gasteiger partial charge in [-0.2, -0.15) is 4.31 Å². The molecule has 2 unspecified atom stereocenters. The summed E-state index contributed by atoms with van der Waals surface area (Å²) in [6.07, 6.45) is 5.67. The van der Waals surface area contributed by atoms with Gasteiger partial charge in [0, 0.05) is 13.0 Å². The lowest BCUT2D eigenvalue weighted by atomic mass is 9.91. The molecule has 0 amide bonds. The molecule has 2 aromatic carbocycles. The summed E-state index contributed by atoms with van der Waals surface area (Å²) >= 11 is 0. The third-order valence-corrected chi connectivity index (χ3v) is 7.06. The van der Waals surface area contributed by atoms with Gasteiger partial charge in [-0.25, -0.2) is 12.8 Å². The van der Waals surface area contributed by atoms with Crippen LogP contribution in [-0.4, -0.2) is 30.3 Å². The Labute approximate surface area is 170 Å². The number of nitrogens with zero attached hydrogens (tertiary/aromatic N) is 1. The lowest BCUT2D eigenvalue weighted by molar-refractivity contribution is -0.136. The first-order valence-electron chi connectivity index (χ1n) is 9.59. The number of halogens is 1. The Morgan fingerprint density at radius 3 is 2.45 bits per heavy atom. The SMILES string of the molecule is O=C(O)CCC=CCC1CCN(S(=O)(=O)c2ccc(F)cc2)C1c1ccccc1. The molecular formula is C22H24FNO4S. The number of carbonyl (C=O) groups is 1. The normalized spacial score (nSPS) is 20.3. The van der Waals surface area contributed by atoms with E-state index in [-0.39, 0.29) is 23.3 Å². The van der Waals surface area contributed by atoms with Gasteiger partial charge in [0.1, 0.15) is 5.82 Å². The number of rotatable bonds is 8. The van der Waals surface area contributed by atoms with Crippen LogP contribution >= 0.6 is 0 Å². The van der Waals surface area contributed by atoms with Gasteiger partial charge in [0.2, 0.25) is 10.0 Å². The molecule has 0 bridgehead atoms. The number of benzene rings is 2. The molecule has 1 aliphatic rings. The largest absolute Gasteiger partial charge is 0.481 e. The van der Waals surface area contributed by atoms with Crippen LogP contribution in [-0.2, 0) is 14.8 Å². The predicted molar refractivity (Wildman–Crippen MR) is 108 cm³/mol. The zero-order chi connectivity index (χ0) is 20.9. The molecule has 0 saturated carbocycles. The van der Waals surface area contributed by atoms with Crippen LogP contribution in [0.3, 0.4) is 0 Å². The smallest absolute Gasteiger partial charge is 0.303 e. The summed E-state index contributed by atoms with van der Waals surface area (Å²) in [6.45, 7) is 0.382. The number of allylic oxidation sites excluding steroid dienone is 2. The monoisotopic (exact) mass is 417 g/mol. The van der Waals surface area contributed by atoms with E-state index in [0.717, 1.165) is 17.7 Å². The van der Waals surface area contributed by atoms with Crippen molar-refractivity contribution >= 4 is 16.0 Å². The number of hydrogen-bond donors (Lipinski definition) is 1. The van der Waals surface area contributed by atoms with E-state index in [9.17, 15) is 17.6 Å². The highest BCUT2D eigenvalue weighted by Gasteiger charge is 2.41. The molecule has 1 saturated heterocycles. The van der Waals surface area contributed by atoms with E-state index < -0.39 is 21.8 Å². The van der Waals surface area contributed by atoms with E-state index >= 15 is 0 Å². The first-order valence-corrected chi connectivity index (χ1v) is 11.0. The maximum atomic E-state index is 13.3. The fourth-order valence-electron chi connectivity index (χ4n) is 3.77. The lowest BCUT2D eigenvalue weighted by Crippen LogP contribution is -2.32. The van der Waals surface area contributed by atoms with Gasteiger partial charge < -0.3 is 5.11 Å². The molecule has 29 heavy (non-hydrogen) atoms. The van der Waals surface area contributed by atoms with E-state index in [1.807, 2.05) is 42.5 Å². The summed E-state index contributed by atoms with van der Waals surface area (Å²) < 4.78 is 41.3. The molecule has 1 fully saturated rings. The fourth-order valence-corrected chi connectivity index (χ4v) is 5.46. The van der Waals surface area contributed by atoms with Crippen LogP contribution in [0.15, 0.2) is 71.6 Å². The van der Waals surface area contributed by atoms with Gasteiger partial charge in [-0.1, -0.05) is 42.5 Å². The van der Waals surface area contributed by atoms with Crippen molar-refractivity contribution in [3.8, 4) is 0 Å². The summed E-state index contributed by atoms with van der Waals surface area (Å²) in [5.41, 5.74) is 0.916. The Balaban J connectivity index is 1.85. The van der Waals surface area contributed by atoms with Crippen molar-refractivity contribution in [3.63, 3.8) is 0 Å². The summed E-state index contributed by atoms with van der Waals surface area (Å²) in [4.78, 5) is 10.7. The van der Waals surface area contributed by atoms with Gasteiger partial charge in [-0.3, -0.25) is 4.79 Å². The number of carboxylic acids is 1. The minimum atomic E-state index is -3.77. The van der Waals surface area contributed by atoms with Crippen molar-refractivity contribution in [3.05, 3.63) is 78.1 Å². The number of aliphatic carboxylic acids is 1. The minimum Gasteiger partial charge on any atom is -0.481 e. The second-order valence-corrected chi connectivity index (χ2v) is 9.00. The average Bonchev–Trinajstić information content (AvgIpc) is 3.13. The standard InChI is InChI=1S/C22H24FNO4S/c23-19-11-13-20(14-12-19)29(27,28)24-16-15-18(9-5-2-6-10-21(25)26)22(24)17-7-3-1-4-8-17/h1-5,7-8,11-14,18,22H,6,9-10,15-16H2,(H,25,26). The van der Waals surface area contributed by atoms with Gasteiger partial charge in [-0.05, 0) is 55.0 Å². The van der Waals surface area contributed by atoms with Crippen LogP contribution in [0.25, 0.3) is 0 Å². The molecule has 5 nitrogen and oxygen atoms in total. The highest BCUT2D eigenvalue weighted by molar-refractivity contribution is 7.89. The molecule has 1 N–H and O–H groups in total. The molecule has 154 valence electrons. The van der Waals surface area contributed by atoms with Crippen molar-refractivity contribution in [1.82, 2.24) is 4.31 Å². The third-order valence-electron chi connectivity index (χ3n) is 5.17. The third kappa shape index (κ3) is 5.10. The Kier molecular flexibility index (Phi) is 6.82. The van der Waals surface area contributed by atoms with Gasteiger partial charge in [-0.15, -0.1) is 0 Å². The average molecular weight is 418 g/mol. The highest BCUT2D eigenvalue weighted by atomic mass is 32.2. The number of hydrogen-bond acceptors (Lipinski definition) is 3. The Morgan fingerprint density at radius 1 is 1.10 bits per heavy atom. The van der Waals surface area contributed by atoms with Crippen LogP contribution < -0.4 is 0 Å². The fraction of sp³-hybridized carbons (Fsp3) is 0.318. The van der Waals surface area contributed by atoms with Gasteiger partial charge in [0.25, 0.3) is 0 Å². The van der Waals surface area contributed by atoms with Crippen LogP contribution in [0, 0.1) is 11.7 Å². The van der Waals surface area contributed by atoms with Crippen molar-refractivity contribution in [2.45, 2.75) is 36.6 Å². The van der Waals surface area contributed by atoms with Gasteiger partial charge in [0.15, 0.2) is 0 Å². The Hall–Kier alpha value is -2.51. The zero-order valence-corrected chi connectivity index (χ0v) is 16.8. The highest BCUT2D eigenvalue weighted by Crippen LogP contribution is 2.42. The van der Waals surface area contributed by atoms with Gasteiger partial charge >= 0.3 is 5.97 Å². The molecule has 2 aromatic rings. The molecule has 0 aromatic heterocycles. The second-order valence-electron chi connectivity index (χ2n) is 7.11. The van der Waals surface area contributed by atoms with Crippen molar-refractivity contribution in [2.24, 2.45) is 5.92 Å². The van der Waals surface area contributed by atoms with E-state index in [2.05, 4.69) is 0 Å². The quantitative estimate of drug-likeness (QED) is 0.647. The first-order chi connectivity index (χ1) is 13.9. The van der Waals surface area contributed by atoms with Crippen molar-refractivity contribution in [2.75, 3.05) is 6.54 Å². The molecule has 0 spiro atoms. The second kappa shape index (κ2) is 9.33. The molecule has 0 radical (unpaired) electrons. The molecule has 7 heteroatoms. The molecule has 1 heterocycles. The van der Waals surface area contributed by atoms with Crippen LogP contribution in [0.5, 0.6) is 0 Å². The summed E-state index contributed by atoms with van der Waals surface area (Å²) in [7, 11) is -3.77. The summed E-state index contributed by atoms with van der Waals surface area (Å²) in [6, 6.07) is 14.1.